The number of para-hydroxylation sites is 1. The quantitative estimate of drug-likeness (QED) is 0.209. The van der Waals surface area contributed by atoms with E-state index in [1.165, 1.54) is 5.39 Å². The zero-order chi connectivity index (χ0) is 29.7. The van der Waals surface area contributed by atoms with Crippen LogP contribution in [0, 0.1) is 0 Å². The normalized spacial score (nSPS) is 11.6. The molecule has 0 fully saturated rings. The van der Waals surface area contributed by atoms with Crippen molar-refractivity contribution in [2.75, 3.05) is 0 Å². The van der Waals surface area contributed by atoms with Crippen LogP contribution in [0.5, 0.6) is 0 Å². The van der Waals surface area contributed by atoms with Gasteiger partial charge in [-0.2, -0.15) is 0 Å². The molecule has 0 aliphatic carbocycles. The third kappa shape index (κ3) is 4.27. The van der Waals surface area contributed by atoms with Gasteiger partial charge in [-0.3, -0.25) is 0 Å². The lowest BCUT2D eigenvalue weighted by atomic mass is 9.92. The van der Waals surface area contributed by atoms with Crippen molar-refractivity contribution in [1.29, 1.82) is 0 Å². The third-order valence-electron chi connectivity index (χ3n) is 8.50. The fourth-order valence-electron chi connectivity index (χ4n) is 6.36. The van der Waals surface area contributed by atoms with E-state index in [0.717, 1.165) is 65.9 Å². The first-order valence-electron chi connectivity index (χ1n) is 15.0. The minimum atomic E-state index is 0.618. The van der Waals surface area contributed by atoms with Gasteiger partial charge in [0.15, 0.2) is 17.5 Å². The van der Waals surface area contributed by atoms with Gasteiger partial charge < -0.3 is 4.42 Å². The smallest absolute Gasteiger partial charge is 0.164 e. The highest BCUT2D eigenvalue weighted by Crippen LogP contribution is 2.43. The van der Waals surface area contributed by atoms with Crippen molar-refractivity contribution in [3.05, 3.63) is 152 Å². The van der Waals surface area contributed by atoms with Gasteiger partial charge >= 0.3 is 0 Å². The fraction of sp³-hybridized carbons (Fsp3) is 0. The Hall–Kier alpha value is -6.13. The van der Waals surface area contributed by atoms with Gasteiger partial charge in [-0.05, 0) is 40.1 Å². The molecule has 2 heterocycles. The molecule has 9 rings (SSSR count). The lowest BCUT2D eigenvalue weighted by Gasteiger charge is -2.14. The maximum atomic E-state index is 6.52. The first-order chi connectivity index (χ1) is 22.3. The predicted octanol–water partition coefficient (Wildman–Crippen LogP) is 10.7. The Morgan fingerprint density at radius 2 is 1.02 bits per heavy atom. The highest BCUT2D eigenvalue weighted by Gasteiger charge is 2.21. The van der Waals surface area contributed by atoms with Crippen LogP contribution in [0.15, 0.2) is 156 Å². The summed E-state index contributed by atoms with van der Waals surface area (Å²) in [6.45, 7) is 0. The molecule has 0 amide bonds. The van der Waals surface area contributed by atoms with E-state index < -0.39 is 0 Å². The zero-order valence-corrected chi connectivity index (χ0v) is 24.2. The maximum absolute atomic E-state index is 6.52. The Bertz CT molecular complexity index is 2540. The molecule has 45 heavy (non-hydrogen) atoms. The fourth-order valence-corrected chi connectivity index (χ4v) is 6.36. The number of rotatable bonds is 4. The average Bonchev–Trinajstić information content (AvgIpc) is 3.50. The molecule has 0 unspecified atom stereocenters. The van der Waals surface area contributed by atoms with Crippen molar-refractivity contribution in [2.45, 2.75) is 0 Å². The van der Waals surface area contributed by atoms with Gasteiger partial charge in [0.1, 0.15) is 11.2 Å². The molecule has 0 spiro atoms. The Morgan fingerprint density at radius 3 is 1.84 bits per heavy atom. The molecule has 7 aromatic carbocycles. The summed E-state index contributed by atoms with van der Waals surface area (Å²) in [6.07, 6.45) is 0. The Morgan fingerprint density at radius 1 is 0.378 bits per heavy atom. The molecule has 4 nitrogen and oxygen atoms in total. The van der Waals surface area contributed by atoms with E-state index in [1.54, 1.807) is 0 Å². The van der Waals surface area contributed by atoms with E-state index in [1.807, 2.05) is 48.5 Å². The lowest BCUT2D eigenvalue weighted by molar-refractivity contribution is 0.672. The SMILES string of the molecule is c1ccc(-c2nc(-c3ccc4ccccc4c3)nc(-c3cc4c5ccccc5oc4c4cccc(-c5ccccc5)c34)n2)cc1. The molecule has 0 N–H and O–H groups in total. The first kappa shape index (κ1) is 25.4. The molecule has 4 heteroatoms. The van der Waals surface area contributed by atoms with Crippen molar-refractivity contribution in [2.24, 2.45) is 0 Å². The molecule has 9 aromatic rings. The Balaban J connectivity index is 1.40. The molecule has 0 saturated heterocycles. The summed E-state index contributed by atoms with van der Waals surface area (Å²) in [5, 5.41) is 6.48. The van der Waals surface area contributed by atoms with Crippen molar-refractivity contribution >= 4 is 43.5 Å². The lowest BCUT2D eigenvalue weighted by Crippen LogP contribution is -2.01. The summed E-state index contributed by atoms with van der Waals surface area (Å²) < 4.78 is 6.52. The molecule has 0 radical (unpaired) electrons. The second-order valence-electron chi connectivity index (χ2n) is 11.2. The first-order valence-corrected chi connectivity index (χ1v) is 15.0. The van der Waals surface area contributed by atoms with Gasteiger partial charge in [-0.15, -0.1) is 0 Å². The Labute approximate surface area is 259 Å². The topological polar surface area (TPSA) is 51.8 Å². The van der Waals surface area contributed by atoms with Crippen molar-refractivity contribution < 1.29 is 4.42 Å². The van der Waals surface area contributed by atoms with E-state index in [0.29, 0.717) is 17.5 Å². The molecule has 0 bridgehead atoms. The van der Waals surface area contributed by atoms with Gasteiger partial charge in [0, 0.05) is 38.2 Å². The molecule has 0 saturated carbocycles. The van der Waals surface area contributed by atoms with Crippen LogP contribution in [-0.2, 0) is 0 Å². The molecular formula is C41H25N3O. The summed E-state index contributed by atoms with van der Waals surface area (Å²) in [5.41, 5.74) is 6.74. The van der Waals surface area contributed by atoms with Crippen molar-refractivity contribution in [3.8, 4) is 45.3 Å². The maximum Gasteiger partial charge on any atom is 0.164 e. The number of hydrogen-bond acceptors (Lipinski definition) is 4. The molecule has 0 atom stereocenters. The van der Waals surface area contributed by atoms with Crippen LogP contribution < -0.4 is 0 Å². The van der Waals surface area contributed by atoms with Crippen LogP contribution in [0.25, 0.3) is 88.8 Å². The van der Waals surface area contributed by atoms with E-state index >= 15 is 0 Å². The largest absolute Gasteiger partial charge is 0.455 e. The minimum absolute atomic E-state index is 0.618. The summed E-state index contributed by atoms with van der Waals surface area (Å²) >= 11 is 0. The summed E-state index contributed by atoms with van der Waals surface area (Å²) in [7, 11) is 0. The van der Waals surface area contributed by atoms with E-state index in [9.17, 15) is 0 Å². The van der Waals surface area contributed by atoms with Crippen molar-refractivity contribution in [1.82, 2.24) is 15.0 Å². The number of benzene rings is 7. The van der Waals surface area contributed by atoms with Gasteiger partial charge in [-0.1, -0.05) is 133 Å². The van der Waals surface area contributed by atoms with Crippen LogP contribution in [0.4, 0.5) is 0 Å². The minimum Gasteiger partial charge on any atom is -0.455 e. The van der Waals surface area contributed by atoms with E-state index in [4.69, 9.17) is 19.4 Å². The molecular weight excluding hydrogens is 550 g/mol. The van der Waals surface area contributed by atoms with Crippen LogP contribution in [-0.4, -0.2) is 15.0 Å². The number of hydrogen-bond donors (Lipinski definition) is 0. The molecule has 2 aromatic heterocycles. The highest BCUT2D eigenvalue weighted by molar-refractivity contribution is 6.21. The van der Waals surface area contributed by atoms with Crippen LogP contribution >= 0.6 is 0 Å². The molecule has 210 valence electrons. The van der Waals surface area contributed by atoms with E-state index in [2.05, 4.69) is 103 Å². The number of nitrogens with zero attached hydrogens (tertiary/aromatic N) is 3. The zero-order valence-electron chi connectivity index (χ0n) is 24.2. The summed E-state index contributed by atoms with van der Waals surface area (Å²) in [5.74, 6) is 1.88. The molecule has 0 aliphatic rings. The van der Waals surface area contributed by atoms with Crippen molar-refractivity contribution in [3.63, 3.8) is 0 Å². The summed E-state index contributed by atoms with van der Waals surface area (Å²) in [6, 6.07) is 52.1. The number of aromatic nitrogens is 3. The third-order valence-corrected chi connectivity index (χ3v) is 8.50. The second kappa shape index (κ2) is 10.2. The standard InChI is InChI=1S/C41H25N3O/c1-3-13-27(14-4-1)31-19-11-20-33-37(31)35(25-34-32-18-9-10-21-36(32)45-38(33)34)41-43-39(28-15-5-2-6-16-28)42-40(44-41)30-23-22-26-12-7-8-17-29(26)24-30/h1-25H. The molecule has 0 aliphatic heterocycles. The van der Waals surface area contributed by atoms with Crippen LogP contribution in [0.1, 0.15) is 0 Å². The highest BCUT2D eigenvalue weighted by atomic mass is 16.3. The predicted molar refractivity (Wildman–Crippen MR) is 184 cm³/mol. The number of fused-ring (bicyclic) bond motifs is 6. The van der Waals surface area contributed by atoms with Crippen LogP contribution in [0.2, 0.25) is 0 Å². The second-order valence-corrected chi connectivity index (χ2v) is 11.2. The number of furan rings is 1. The van der Waals surface area contributed by atoms with E-state index in [-0.39, 0.29) is 0 Å². The van der Waals surface area contributed by atoms with Gasteiger partial charge in [-0.25, -0.2) is 15.0 Å². The van der Waals surface area contributed by atoms with Gasteiger partial charge in [0.2, 0.25) is 0 Å². The Kier molecular flexibility index (Phi) is 5.78. The summed E-state index contributed by atoms with van der Waals surface area (Å²) in [4.78, 5) is 15.4. The van der Waals surface area contributed by atoms with Crippen LogP contribution in [0.3, 0.4) is 0 Å². The average molecular weight is 576 g/mol. The van der Waals surface area contributed by atoms with Gasteiger partial charge in [0.05, 0.1) is 0 Å². The van der Waals surface area contributed by atoms with Gasteiger partial charge in [0.25, 0.3) is 0 Å². The monoisotopic (exact) mass is 575 g/mol.